The van der Waals surface area contributed by atoms with E-state index in [9.17, 15) is 14.7 Å². The van der Waals surface area contributed by atoms with E-state index in [1.807, 2.05) is 0 Å². The van der Waals surface area contributed by atoms with Crippen LogP contribution in [0, 0.1) is 0 Å². The number of nitrogens with one attached hydrogen (secondary N) is 1. The molecule has 0 aliphatic heterocycles. The van der Waals surface area contributed by atoms with E-state index in [4.69, 9.17) is 23.2 Å². The number of carbonyl (C=O) groups excluding carboxylic acids is 2. The first-order chi connectivity index (χ1) is 11.7. The summed E-state index contributed by atoms with van der Waals surface area (Å²) in [7, 11) is 3.28. The van der Waals surface area contributed by atoms with Gasteiger partial charge in [0.2, 0.25) is 0 Å². The van der Waals surface area contributed by atoms with Crippen LogP contribution in [0.2, 0.25) is 10.0 Å². The van der Waals surface area contributed by atoms with Gasteiger partial charge in [-0.2, -0.15) is 10.2 Å². The number of ketones is 2. The van der Waals surface area contributed by atoms with Gasteiger partial charge in [0.05, 0.1) is 16.3 Å². The summed E-state index contributed by atoms with van der Waals surface area (Å²) in [5.74, 6) is -0.493. The van der Waals surface area contributed by atoms with E-state index in [2.05, 4.69) is 15.6 Å². The molecule has 0 saturated carbocycles. The molecule has 9 heteroatoms. The lowest BCUT2D eigenvalue weighted by Crippen LogP contribution is -1.98. The van der Waals surface area contributed by atoms with Crippen LogP contribution in [0.3, 0.4) is 0 Å². The Hall–Kier alpha value is -2.38. The van der Waals surface area contributed by atoms with E-state index < -0.39 is 0 Å². The van der Waals surface area contributed by atoms with E-state index in [0.29, 0.717) is 21.3 Å². The standard InChI is InChI=1S/C12H10Cl2N2O2.C4H8N2O/c1-6(17)10-12(18)11(16(2)15-10)7-3-4-8(13)9(14)5-7;1-4(7)3-6-5-2/h3-5,18H,1-2H3;3,5H,1-2H3. The molecule has 0 bridgehead atoms. The molecule has 2 aromatic rings. The van der Waals surface area contributed by atoms with Crippen molar-refractivity contribution in [3.63, 3.8) is 0 Å². The molecule has 0 aliphatic carbocycles. The van der Waals surface area contributed by atoms with E-state index in [-0.39, 0.29) is 23.0 Å². The number of nitrogens with zero attached hydrogens (tertiary/aromatic N) is 3. The largest absolute Gasteiger partial charge is 0.504 e. The van der Waals surface area contributed by atoms with E-state index in [0.717, 1.165) is 0 Å². The number of aryl methyl sites for hydroxylation is 1. The summed E-state index contributed by atoms with van der Waals surface area (Å²) < 4.78 is 1.44. The highest BCUT2D eigenvalue weighted by molar-refractivity contribution is 6.42. The molecule has 0 radical (unpaired) electrons. The van der Waals surface area contributed by atoms with Gasteiger partial charge in [-0.25, -0.2) is 0 Å². The van der Waals surface area contributed by atoms with Crippen LogP contribution in [0.5, 0.6) is 5.75 Å². The highest BCUT2D eigenvalue weighted by Gasteiger charge is 2.20. The lowest BCUT2D eigenvalue weighted by molar-refractivity contribution is -0.110. The highest BCUT2D eigenvalue weighted by Crippen LogP contribution is 2.35. The van der Waals surface area contributed by atoms with Gasteiger partial charge in [-0.15, -0.1) is 0 Å². The van der Waals surface area contributed by atoms with Crippen LogP contribution in [-0.2, 0) is 11.8 Å². The summed E-state index contributed by atoms with van der Waals surface area (Å²) in [6.45, 7) is 2.79. The van der Waals surface area contributed by atoms with Crippen molar-refractivity contribution in [2.75, 3.05) is 7.05 Å². The van der Waals surface area contributed by atoms with Crippen molar-refractivity contribution in [1.29, 1.82) is 0 Å². The molecule has 0 fully saturated rings. The van der Waals surface area contributed by atoms with Crippen LogP contribution < -0.4 is 5.43 Å². The first-order valence-corrected chi connectivity index (χ1v) is 7.87. The maximum Gasteiger partial charge on any atom is 0.183 e. The molecule has 0 atom stereocenters. The normalized spacial score (nSPS) is 10.3. The number of hydrogen-bond donors (Lipinski definition) is 2. The predicted octanol–water partition coefficient (Wildman–Crippen LogP) is 3.08. The molecule has 134 valence electrons. The lowest BCUT2D eigenvalue weighted by atomic mass is 10.1. The molecule has 1 aromatic carbocycles. The molecule has 0 amide bonds. The molecule has 2 rings (SSSR count). The molecule has 25 heavy (non-hydrogen) atoms. The van der Waals surface area contributed by atoms with Crippen molar-refractivity contribution in [3.05, 3.63) is 33.9 Å². The number of aromatic hydroxyl groups is 1. The minimum atomic E-state index is -0.297. The summed E-state index contributed by atoms with van der Waals surface area (Å²) >= 11 is 11.8. The molecule has 0 aliphatic rings. The summed E-state index contributed by atoms with van der Waals surface area (Å²) in [4.78, 5) is 21.3. The number of hydrogen-bond acceptors (Lipinski definition) is 6. The van der Waals surface area contributed by atoms with E-state index in [1.165, 1.54) is 24.7 Å². The van der Waals surface area contributed by atoms with Gasteiger partial charge in [0.1, 0.15) is 5.69 Å². The molecule has 1 heterocycles. The third-order valence-electron chi connectivity index (χ3n) is 2.92. The molecule has 0 unspecified atom stereocenters. The third-order valence-corrected chi connectivity index (χ3v) is 3.66. The van der Waals surface area contributed by atoms with Gasteiger partial charge in [-0.3, -0.25) is 14.3 Å². The van der Waals surface area contributed by atoms with Crippen molar-refractivity contribution < 1.29 is 14.7 Å². The van der Waals surface area contributed by atoms with Crippen LogP contribution in [0.25, 0.3) is 11.3 Å². The lowest BCUT2D eigenvalue weighted by Gasteiger charge is -2.04. The number of benzene rings is 1. The predicted molar refractivity (Wildman–Crippen MR) is 98.6 cm³/mol. The molecule has 0 spiro atoms. The molecular weight excluding hydrogens is 367 g/mol. The fourth-order valence-corrected chi connectivity index (χ4v) is 2.17. The maximum absolute atomic E-state index is 11.3. The van der Waals surface area contributed by atoms with Crippen LogP contribution in [0.1, 0.15) is 24.3 Å². The fraction of sp³-hybridized carbons (Fsp3) is 0.250. The van der Waals surface area contributed by atoms with E-state index >= 15 is 0 Å². The monoisotopic (exact) mass is 384 g/mol. The van der Waals surface area contributed by atoms with Crippen LogP contribution in [0.15, 0.2) is 23.3 Å². The first-order valence-electron chi connectivity index (χ1n) is 7.11. The van der Waals surface area contributed by atoms with Crippen LogP contribution in [0.4, 0.5) is 0 Å². The summed E-state index contributed by atoms with van der Waals surface area (Å²) in [5.41, 5.74) is 3.56. The number of hydrazone groups is 1. The Balaban J connectivity index is 0.000000381. The Kier molecular flexibility index (Phi) is 7.60. The Morgan fingerprint density at radius 3 is 2.32 bits per heavy atom. The van der Waals surface area contributed by atoms with Crippen LogP contribution in [-0.4, -0.2) is 39.7 Å². The van der Waals surface area contributed by atoms with Crippen molar-refractivity contribution in [2.24, 2.45) is 12.1 Å². The van der Waals surface area contributed by atoms with Gasteiger partial charge in [0.15, 0.2) is 23.0 Å². The molecule has 0 saturated heterocycles. The number of rotatable bonds is 4. The first kappa shape index (κ1) is 20.7. The Labute approximate surface area is 155 Å². The van der Waals surface area contributed by atoms with Crippen LogP contribution >= 0.6 is 23.2 Å². The summed E-state index contributed by atoms with van der Waals surface area (Å²) in [5, 5.41) is 18.2. The highest BCUT2D eigenvalue weighted by atomic mass is 35.5. The van der Waals surface area contributed by atoms with Gasteiger partial charge in [0, 0.05) is 33.5 Å². The second-order valence-electron chi connectivity index (χ2n) is 4.95. The van der Waals surface area contributed by atoms with Crippen molar-refractivity contribution in [2.45, 2.75) is 13.8 Å². The van der Waals surface area contributed by atoms with Crippen molar-refractivity contribution in [1.82, 2.24) is 15.2 Å². The average Bonchev–Trinajstić information content (AvgIpc) is 2.84. The maximum atomic E-state index is 11.3. The quantitative estimate of drug-likeness (QED) is 0.479. The molecule has 7 nitrogen and oxygen atoms in total. The minimum Gasteiger partial charge on any atom is -0.504 e. The van der Waals surface area contributed by atoms with Gasteiger partial charge < -0.3 is 10.5 Å². The van der Waals surface area contributed by atoms with Gasteiger partial charge in [0.25, 0.3) is 0 Å². The average molecular weight is 385 g/mol. The zero-order valence-corrected chi connectivity index (χ0v) is 15.7. The number of carbonyl (C=O) groups is 2. The van der Waals surface area contributed by atoms with Crippen molar-refractivity contribution in [3.8, 4) is 17.0 Å². The number of aromatic nitrogens is 2. The van der Waals surface area contributed by atoms with Gasteiger partial charge >= 0.3 is 0 Å². The second kappa shape index (κ2) is 9.19. The van der Waals surface area contributed by atoms with Crippen molar-refractivity contribution >= 4 is 41.0 Å². The fourth-order valence-electron chi connectivity index (χ4n) is 1.87. The van der Waals surface area contributed by atoms with Gasteiger partial charge in [-0.05, 0) is 12.1 Å². The summed E-state index contributed by atoms with van der Waals surface area (Å²) in [6.07, 6.45) is 1.22. The van der Waals surface area contributed by atoms with E-state index in [1.54, 1.807) is 32.3 Å². The smallest absolute Gasteiger partial charge is 0.183 e. The molecule has 2 N–H and O–H groups in total. The number of Topliss-reactive ketones (excluding diaryl/α,β-unsaturated/α-hetero) is 2. The zero-order chi connectivity index (χ0) is 19.1. The zero-order valence-electron chi connectivity index (χ0n) is 14.2. The van der Waals surface area contributed by atoms with Gasteiger partial charge in [-0.1, -0.05) is 29.3 Å². The summed E-state index contributed by atoms with van der Waals surface area (Å²) in [6, 6.07) is 4.94. The topological polar surface area (TPSA) is 96.6 Å². The molecular formula is C16H18Cl2N4O3. The molecule has 1 aromatic heterocycles. The second-order valence-corrected chi connectivity index (χ2v) is 5.76. The number of halogens is 2. The minimum absolute atomic E-state index is 0.0403. The Morgan fingerprint density at radius 2 is 1.92 bits per heavy atom. The Morgan fingerprint density at radius 1 is 1.28 bits per heavy atom. The third kappa shape index (κ3) is 5.58. The Bertz CT molecular complexity index is 816. The SMILES string of the molecule is CC(=O)c1nn(C)c(-c2ccc(Cl)c(Cl)c2)c1O.CNN=CC(C)=O.